The second kappa shape index (κ2) is 9.35. The van der Waals surface area contributed by atoms with E-state index in [9.17, 15) is 14.9 Å². The maximum Gasteiger partial charge on any atom is 0.270 e. The van der Waals surface area contributed by atoms with Crippen molar-refractivity contribution < 1.29 is 14.1 Å². The number of hydrogen-bond donors (Lipinski definition) is 2. The van der Waals surface area contributed by atoms with Crippen LogP contribution < -0.4 is 10.7 Å². The molecule has 10 heteroatoms. The van der Waals surface area contributed by atoms with E-state index in [1.807, 2.05) is 0 Å². The number of amides is 1. The Labute approximate surface area is 178 Å². The molecule has 1 aromatic heterocycles. The highest BCUT2D eigenvalue weighted by atomic mass is 79.9. The van der Waals surface area contributed by atoms with Crippen molar-refractivity contribution in [2.24, 2.45) is 5.10 Å². The van der Waals surface area contributed by atoms with Gasteiger partial charge in [0.1, 0.15) is 11.5 Å². The van der Waals surface area contributed by atoms with Crippen LogP contribution in [-0.2, 0) is 4.79 Å². The van der Waals surface area contributed by atoms with Gasteiger partial charge in [0.05, 0.1) is 17.7 Å². The molecule has 3 rings (SSSR count). The molecule has 0 aliphatic carbocycles. The van der Waals surface area contributed by atoms with Crippen molar-refractivity contribution >= 4 is 51.0 Å². The van der Waals surface area contributed by atoms with Crippen LogP contribution in [0.3, 0.4) is 0 Å². The third-order valence-corrected chi connectivity index (χ3v) is 4.64. The van der Waals surface area contributed by atoms with Gasteiger partial charge in [0, 0.05) is 32.9 Å². The first-order valence-corrected chi connectivity index (χ1v) is 9.45. The van der Waals surface area contributed by atoms with Crippen molar-refractivity contribution in [2.75, 3.05) is 11.9 Å². The molecule has 29 heavy (non-hydrogen) atoms. The zero-order valence-corrected chi connectivity index (χ0v) is 17.1. The Bertz CT molecular complexity index is 1070. The van der Waals surface area contributed by atoms with Crippen LogP contribution in [0.2, 0.25) is 5.02 Å². The molecule has 1 amide bonds. The molecule has 3 aromatic rings. The summed E-state index contributed by atoms with van der Waals surface area (Å²) in [5, 5.41) is 18.2. The van der Waals surface area contributed by atoms with Gasteiger partial charge in [-0.15, -0.1) is 0 Å². The molecule has 8 nitrogen and oxygen atoms in total. The molecule has 0 fully saturated rings. The fourth-order valence-electron chi connectivity index (χ4n) is 2.34. The second-order valence-corrected chi connectivity index (χ2v) is 7.07. The Morgan fingerprint density at radius 3 is 2.66 bits per heavy atom. The maximum atomic E-state index is 11.8. The summed E-state index contributed by atoms with van der Waals surface area (Å²) in [5.74, 6) is 0.585. The number of rotatable bonds is 7. The monoisotopic (exact) mass is 476 g/mol. The van der Waals surface area contributed by atoms with Crippen molar-refractivity contribution in [3.63, 3.8) is 0 Å². The van der Waals surface area contributed by atoms with Crippen LogP contribution in [0.4, 0.5) is 11.4 Å². The molecule has 0 unspecified atom stereocenters. The van der Waals surface area contributed by atoms with Crippen molar-refractivity contribution in [3.05, 3.63) is 80.0 Å². The number of nitro benzene ring substituents is 1. The molecular formula is C19H14BrClN4O4. The molecule has 0 bridgehead atoms. The highest BCUT2D eigenvalue weighted by Crippen LogP contribution is 2.32. The van der Waals surface area contributed by atoms with E-state index in [1.54, 1.807) is 42.5 Å². The lowest BCUT2D eigenvalue weighted by Crippen LogP contribution is -2.25. The summed E-state index contributed by atoms with van der Waals surface area (Å²) in [6.07, 6.45) is 1.36. The molecule has 0 radical (unpaired) electrons. The molecule has 2 N–H and O–H groups in total. The fourth-order valence-corrected chi connectivity index (χ4v) is 3.03. The SMILES string of the molecule is O=C(CNc1ccc(Cl)cc1)N/N=C\c1ccc(-c2ccc([N+](=O)[O-])cc2Br)o1. The minimum absolute atomic E-state index is 0.0242. The smallest absolute Gasteiger partial charge is 0.270 e. The molecule has 0 spiro atoms. The lowest BCUT2D eigenvalue weighted by Gasteiger charge is -2.04. The molecule has 2 aromatic carbocycles. The van der Waals surface area contributed by atoms with Gasteiger partial charge in [-0.3, -0.25) is 14.9 Å². The molecule has 0 aliphatic rings. The van der Waals surface area contributed by atoms with Crippen LogP contribution >= 0.6 is 27.5 Å². The minimum atomic E-state index is -0.473. The molecule has 148 valence electrons. The van der Waals surface area contributed by atoms with Gasteiger partial charge < -0.3 is 9.73 Å². The summed E-state index contributed by atoms with van der Waals surface area (Å²) in [7, 11) is 0. The summed E-state index contributed by atoms with van der Waals surface area (Å²) in [6.45, 7) is 0.0398. The number of benzene rings is 2. The Morgan fingerprint density at radius 2 is 1.97 bits per heavy atom. The number of carbonyl (C=O) groups excluding carboxylic acids is 1. The van der Waals surface area contributed by atoms with Crippen LogP contribution in [0.1, 0.15) is 5.76 Å². The van der Waals surface area contributed by atoms with E-state index in [0.717, 1.165) is 5.69 Å². The van der Waals surface area contributed by atoms with Gasteiger partial charge in [-0.1, -0.05) is 11.6 Å². The number of nitrogens with zero attached hydrogens (tertiary/aromatic N) is 2. The predicted molar refractivity (Wildman–Crippen MR) is 114 cm³/mol. The van der Waals surface area contributed by atoms with E-state index in [0.29, 0.717) is 26.6 Å². The summed E-state index contributed by atoms with van der Waals surface area (Å²) >= 11 is 9.11. The summed E-state index contributed by atoms with van der Waals surface area (Å²) in [5.41, 5.74) is 3.79. The highest BCUT2D eigenvalue weighted by molar-refractivity contribution is 9.10. The first kappa shape index (κ1) is 20.6. The van der Waals surface area contributed by atoms with Crippen LogP contribution in [0, 0.1) is 10.1 Å². The third kappa shape index (κ3) is 5.66. The molecule has 0 saturated heterocycles. The Kier molecular flexibility index (Phi) is 6.63. The Balaban J connectivity index is 1.55. The fraction of sp³-hybridized carbons (Fsp3) is 0.0526. The van der Waals surface area contributed by atoms with Gasteiger partial charge in [0.2, 0.25) is 0 Å². The zero-order valence-electron chi connectivity index (χ0n) is 14.8. The summed E-state index contributed by atoms with van der Waals surface area (Å²) in [6, 6.07) is 14.7. The van der Waals surface area contributed by atoms with E-state index in [-0.39, 0.29) is 18.1 Å². The number of anilines is 1. The summed E-state index contributed by atoms with van der Waals surface area (Å²) in [4.78, 5) is 22.2. The first-order valence-electron chi connectivity index (χ1n) is 8.28. The van der Waals surface area contributed by atoms with Crippen molar-refractivity contribution in [1.29, 1.82) is 0 Å². The van der Waals surface area contributed by atoms with Crippen molar-refractivity contribution in [3.8, 4) is 11.3 Å². The van der Waals surface area contributed by atoms with Crippen molar-refractivity contribution in [2.45, 2.75) is 0 Å². The lowest BCUT2D eigenvalue weighted by atomic mass is 10.1. The van der Waals surface area contributed by atoms with Crippen LogP contribution in [0.25, 0.3) is 11.3 Å². The molecule has 0 atom stereocenters. The van der Waals surface area contributed by atoms with Gasteiger partial charge in [-0.25, -0.2) is 5.43 Å². The molecule has 0 aliphatic heterocycles. The number of halogens is 2. The average Bonchev–Trinajstić information content (AvgIpc) is 3.16. The second-order valence-electron chi connectivity index (χ2n) is 5.78. The molecule has 1 heterocycles. The standard InChI is InChI=1S/C19H14BrClN4O4/c20-17-9-14(25(27)28)5-7-16(17)18-8-6-15(29-18)10-23-24-19(26)11-22-13-3-1-12(21)2-4-13/h1-10,22H,11H2,(H,24,26)/b23-10-. The van der Waals surface area contributed by atoms with Crippen LogP contribution in [-0.4, -0.2) is 23.6 Å². The maximum absolute atomic E-state index is 11.8. The number of non-ortho nitro benzene ring substituents is 1. The summed E-state index contributed by atoms with van der Waals surface area (Å²) < 4.78 is 6.18. The van der Waals surface area contributed by atoms with E-state index in [4.69, 9.17) is 16.0 Å². The van der Waals surface area contributed by atoms with Gasteiger partial charge in [-0.2, -0.15) is 5.10 Å². The third-order valence-electron chi connectivity index (χ3n) is 3.73. The van der Waals surface area contributed by atoms with Gasteiger partial charge in [-0.05, 0) is 58.4 Å². The normalized spacial score (nSPS) is 10.8. The van der Waals surface area contributed by atoms with E-state index < -0.39 is 4.92 Å². The van der Waals surface area contributed by atoms with Gasteiger partial charge >= 0.3 is 0 Å². The highest BCUT2D eigenvalue weighted by Gasteiger charge is 2.13. The minimum Gasteiger partial charge on any atom is -0.455 e. The molecule has 0 saturated carbocycles. The topological polar surface area (TPSA) is 110 Å². The molecular weight excluding hydrogens is 464 g/mol. The van der Waals surface area contributed by atoms with E-state index in [2.05, 4.69) is 31.8 Å². The van der Waals surface area contributed by atoms with E-state index >= 15 is 0 Å². The van der Waals surface area contributed by atoms with Gasteiger partial charge in [0.15, 0.2) is 0 Å². The first-order chi connectivity index (χ1) is 13.9. The van der Waals surface area contributed by atoms with Crippen LogP contribution in [0.5, 0.6) is 0 Å². The number of furan rings is 1. The zero-order chi connectivity index (χ0) is 20.8. The predicted octanol–water partition coefficient (Wildman–Crippen LogP) is 4.83. The number of hydrogen-bond acceptors (Lipinski definition) is 6. The number of hydrazone groups is 1. The van der Waals surface area contributed by atoms with Crippen LogP contribution in [0.15, 0.2) is 68.6 Å². The lowest BCUT2D eigenvalue weighted by molar-refractivity contribution is -0.384. The van der Waals surface area contributed by atoms with Crippen molar-refractivity contribution in [1.82, 2.24) is 5.43 Å². The quantitative estimate of drug-likeness (QED) is 0.288. The number of nitrogens with one attached hydrogen (secondary N) is 2. The van der Waals surface area contributed by atoms with E-state index in [1.165, 1.54) is 18.3 Å². The Hall–Kier alpha value is -3.17. The largest absolute Gasteiger partial charge is 0.455 e. The number of carbonyl (C=O) groups is 1. The van der Waals surface area contributed by atoms with Gasteiger partial charge in [0.25, 0.3) is 11.6 Å². The average molecular weight is 478 g/mol. The number of nitro groups is 1. The Morgan fingerprint density at radius 1 is 1.21 bits per heavy atom.